The zero-order valence-electron chi connectivity index (χ0n) is 8.00. The molecule has 0 amide bonds. The first kappa shape index (κ1) is 10.7. The van der Waals surface area contributed by atoms with Crippen LogP contribution < -0.4 is 0 Å². The van der Waals surface area contributed by atoms with E-state index >= 15 is 0 Å². The molecule has 0 fully saturated rings. The van der Waals surface area contributed by atoms with Gasteiger partial charge in [-0.05, 0) is 13.0 Å². The van der Waals surface area contributed by atoms with Gasteiger partial charge in [-0.15, -0.1) is 0 Å². The Morgan fingerprint density at radius 3 is 2.64 bits per heavy atom. The average molecular weight is 207 g/mol. The molecule has 1 rings (SSSR count). The number of rotatable bonds is 3. The molecule has 2 nitrogen and oxygen atoms in total. The number of halogens is 1. The van der Waals surface area contributed by atoms with Gasteiger partial charge in [0.1, 0.15) is 5.15 Å². The third-order valence-electron chi connectivity index (χ3n) is 1.60. The van der Waals surface area contributed by atoms with Crippen molar-refractivity contribution in [1.82, 2.24) is 9.97 Å². The van der Waals surface area contributed by atoms with Crippen LogP contribution in [0.3, 0.4) is 0 Å². The molecule has 0 aliphatic heterocycles. The average Bonchev–Trinajstić information content (AvgIpc) is 2.12. The van der Waals surface area contributed by atoms with Gasteiger partial charge >= 0.3 is 0 Å². The van der Waals surface area contributed by atoms with E-state index in [0.717, 1.165) is 11.3 Å². The lowest BCUT2D eigenvalue weighted by molar-refractivity contribution is 1.07. The summed E-state index contributed by atoms with van der Waals surface area (Å²) in [6.07, 6.45) is 5.13. The summed E-state index contributed by atoms with van der Waals surface area (Å²) < 4.78 is 0. The lowest BCUT2D eigenvalue weighted by Gasteiger charge is -2.01. The smallest absolute Gasteiger partial charge is 0.161 e. The fourth-order valence-corrected chi connectivity index (χ4v) is 1.26. The van der Waals surface area contributed by atoms with Crippen molar-refractivity contribution in [1.29, 1.82) is 0 Å². The molecule has 0 aromatic carbocycles. The Labute approximate surface area is 88.7 Å². The number of hydrogen-bond acceptors (Lipinski definition) is 2. The standard InChI is InChI=1S/C11H11ClN2/c1-4-6-9(5-2)11-13-8(3)7-10(12)14-11/h4-7H,1-2H2,3H3/b9-6+. The molecule has 0 saturated heterocycles. The summed E-state index contributed by atoms with van der Waals surface area (Å²) >= 11 is 5.81. The summed E-state index contributed by atoms with van der Waals surface area (Å²) in [7, 11) is 0. The third kappa shape index (κ3) is 2.54. The normalized spacial score (nSPS) is 11.1. The maximum atomic E-state index is 5.81. The highest BCUT2D eigenvalue weighted by atomic mass is 35.5. The fraction of sp³-hybridized carbons (Fsp3) is 0.0909. The predicted molar refractivity (Wildman–Crippen MR) is 60.2 cm³/mol. The topological polar surface area (TPSA) is 25.8 Å². The van der Waals surface area contributed by atoms with E-state index in [1.165, 1.54) is 0 Å². The van der Waals surface area contributed by atoms with Crippen LogP contribution in [0.1, 0.15) is 11.5 Å². The summed E-state index contributed by atoms with van der Waals surface area (Å²) in [5.41, 5.74) is 1.64. The molecule has 0 aliphatic rings. The summed E-state index contributed by atoms with van der Waals surface area (Å²) in [4.78, 5) is 8.33. The van der Waals surface area contributed by atoms with Gasteiger partial charge in [-0.25, -0.2) is 9.97 Å². The number of aromatic nitrogens is 2. The SMILES string of the molecule is C=C/C=C(\C=C)c1nc(C)cc(Cl)n1. The second-order valence-electron chi connectivity index (χ2n) is 2.72. The van der Waals surface area contributed by atoms with Crippen LogP contribution in [0.25, 0.3) is 5.57 Å². The van der Waals surface area contributed by atoms with Gasteiger partial charge in [-0.2, -0.15) is 0 Å². The zero-order chi connectivity index (χ0) is 10.6. The van der Waals surface area contributed by atoms with Crippen LogP contribution in [-0.2, 0) is 0 Å². The second kappa shape index (κ2) is 4.72. The lowest BCUT2D eigenvalue weighted by Crippen LogP contribution is -1.94. The van der Waals surface area contributed by atoms with Crippen molar-refractivity contribution < 1.29 is 0 Å². The van der Waals surface area contributed by atoms with Gasteiger partial charge in [0.15, 0.2) is 5.82 Å². The van der Waals surface area contributed by atoms with E-state index in [4.69, 9.17) is 11.6 Å². The maximum Gasteiger partial charge on any atom is 0.161 e. The predicted octanol–water partition coefficient (Wildman–Crippen LogP) is 3.19. The maximum absolute atomic E-state index is 5.81. The Morgan fingerprint density at radius 1 is 1.43 bits per heavy atom. The van der Waals surface area contributed by atoms with Gasteiger partial charge in [0.05, 0.1) is 0 Å². The first-order valence-electron chi connectivity index (χ1n) is 4.14. The van der Waals surface area contributed by atoms with Gasteiger partial charge in [-0.3, -0.25) is 0 Å². The van der Waals surface area contributed by atoms with Crippen molar-refractivity contribution in [3.05, 3.63) is 54.1 Å². The summed E-state index contributed by atoms with van der Waals surface area (Å²) in [6, 6.07) is 1.71. The number of allylic oxidation sites excluding steroid dienone is 4. The van der Waals surface area contributed by atoms with Crippen LogP contribution in [0.15, 0.2) is 37.5 Å². The van der Waals surface area contributed by atoms with Crippen molar-refractivity contribution in [3.8, 4) is 0 Å². The summed E-state index contributed by atoms with van der Waals surface area (Å²) in [6.45, 7) is 9.15. The van der Waals surface area contributed by atoms with E-state index < -0.39 is 0 Å². The molecular weight excluding hydrogens is 196 g/mol. The van der Waals surface area contributed by atoms with E-state index in [-0.39, 0.29) is 0 Å². The summed E-state index contributed by atoms with van der Waals surface area (Å²) in [5, 5.41) is 0.435. The molecule has 0 N–H and O–H groups in total. The van der Waals surface area contributed by atoms with Gasteiger partial charge < -0.3 is 0 Å². The van der Waals surface area contributed by atoms with Crippen molar-refractivity contribution >= 4 is 17.2 Å². The van der Waals surface area contributed by atoms with E-state index in [9.17, 15) is 0 Å². The molecule has 0 bridgehead atoms. The van der Waals surface area contributed by atoms with Crippen LogP contribution >= 0.6 is 11.6 Å². The monoisotopic (exact) mass is 206 g/mol. The third-order valence-corrected chi connectivity index (χ3v) is 1.79. The molecule has 0 atom stereocenters. The molecule has 72 valence electrons. The highest BCUT2D eigenvalue weighted by Crippen LogP contribution is 2.14. The Hall–Kier alpha value is -1.41. The molecule has 1 aromatic rings. The van der Waals surface area contributed by atoms with Crippen LogP contribution in [-0.4, -0.2) is 9.97 Å². The minimum atomic E-state index is 0.435. The van der Waals surface area contributed by atoms with Crippen molar-refractivity contribution in [2.75, 3.05) is 0 Å². The zero-order valence-corrected chi connectivity index (χ0v) is 8.75. The molecular formula is C11H11ClN2. The van der Waals surface area contributed by atoms with Gasteiger partial charge in [0.25, 0.3) is 0 Å². The van der Waals surface area contributed by atoms with Crippen molar-refractivity contribution in [2.45, 2.75) is 6.92 Å². The van der Waals surface area contributed by atoms with Crippen LogP contribution in [0.5, 0.6) is 0 Å². The molecule has 0 spiro atoms. The Kier molecular flexibility index (Phi) is 3.60. The van der Waals surface area contributed by atoms with Gasteiger partial charge in [0.2, 0.25) is 0 Å². The number of aryl methyl sites for hydroxylation is 1. The Bertz CT molecular complexity index is 374. The van der Waals surface area contributed by atoms with E-state index in [1.54, 1.807) is 24.3 Å². The highest BCUT2D eigenvalue weighted by Gasteiger charge is 2.02. The minimum absolute atomic E-state index is 0.435. The van der Waals surface area contributed by atoms with Gasteiger partial charge in [0, 0.05) is 11.3 Å². The fourth-order valence-electron chi connectivity index (χ4n) is 1.02. The molecule has 0 aliphatic carbocycles. The van der Waals surface area contributed by atoms with Crippen LogP contribution in [0.2, 0.25) is 5.15 Å². The molecule has 0 saturated carbocycles. The Morgan fingerprint density at radius 2 is 2.14 bits per heavy atom. The summed E-state index contributed by atoms with van der Waals surface area (Å²) in [5.74, 6) is 0.574. The minimum Gasteiger partial charge on any atom is -0.233 e. The van der Waals surface area contributed by atoms with Crippen molar-refractivity contribution in [2.24, 2.45) is 0 Å². The van der Waals surface area contributed by atoms with Crippen LogP contribution in [0, 0.1) is 6.92 Å². The molecule has 14 heavy (non-hydrogen) atoms. The first-order chi connectivity index (χ1) is 6.67. The Balaban J connectivity index is 3.23. The molecule has 0 radical (unpaired) electrons. The largest absolute Gasteiger partial charge is 0.233 e. The quantitative estimate of drug-likeness (QED) is 0.561. The van der Waals surface area contributed by atoms with Crippen molar-refractivity contribution in [3.63, 3.8) is 0 Å². The highest BCUT2D eigenvalue weighted by molar-refractivity contribution is 6.29. The molecule has 1 aromatic heterocycles. The lowest BCUT2D eigenvalue weighted by atomic mass is 10.2. The number of nitrogens with zero attached hydrogens (tertiary/aromatic N) is 2. The first-order valence-corrected chi connectivity index (χ1v) is 4.52. The number of hydrogen-bond donors (Lipinski definition) is 0. The molecule has 3 heteroatoms. The van der Waals surface area contributed by atoms with E-state index in [2.05, 4.69) is 23.1 Å². The molecule has 1 heterocycles. The van der Waals surface area contributed by atoms with E-state index in [0.29, 0.717) is 11.0 Å². The second-order valence-corrected chi connectivity index (χ2v) is 3.10. The molecule has 0 unspecified atom stereocenters. The van der Waals surface area contributed by atoms with Crippen LogP contribution in [0.4, 0.5) is 0 Å². The van der Waals surface area contributed by atoms with E-state index in [1.807, 2.05) is 6.92 Å². The van der Waals surface area contributed by atoms with Gasteiger partial charge in [-0.1, -0.05) is 43.0 Å².